The molecule has 0 spiro atoms. The lowest BCUT2D eigenvalue weighted by molar-refractivity contribution is -0.147. The second-order valence-corrected chi connectivity index (χ2v) is 2.38. The molecule has 66 valence electrons. The van der Waals surface area contributed by atoms with Gasteiger partial charge in [-0.15, -0.1) is 0 Å². The van der Waals surface area contributed by atoms with E-state index in [4.69, 9.17) is 5.73 Å². The van der Waals surface area contributed by atoms with Gasteiger partial charge in [0.1, 0.15) is 6.17 Å². The molecule has 0 aliphatic rings. The van der Waals surface area contributed by atoms with Crippen molar-refractivity contribution in [2.24, 2.45) is 11.7 Å². The summed E-state index contributed by atoms with van der Waals surface area (Å²) in [6.45, 7) is 1.63. The Morgan fingerprint density at radius 1 is 1.73 bits per heavy atom. The summed E-state index contributed by atoms with van der Waals surface area (Å²) in [6, 6.07) is 0. The van der Waals surface area contributed by atoms with Crippen LogP contribution >= 0.6 is 0 Å². The zero-order valence-corrected chi connectivity index (χ0v) is 6.84. The highest BCUT2D eigenvalue weighted by atomic mass is 19.1. The average Bonchev–Trinajstić information content (AvgIpc) is 1.98. The van der Waals surface area contributed by atoms with Crippen LogP contribution in [0.4, 0.5) is 4.39 Å². The normalized spacial score (nSPS) is 15.6. The van der Waals surface area contributed by atoms with Crippen LogP contribution < -0.4 is 5.73 Å². The molecule has 2 N–H and O–H groups in total. The molecule has 0 saturated carbocycles. The van der Waals surface area contributed by atoms with Gasteiger partial charge in [-0.1, -0.05) is 0 Å². The van der Waals surface area contributed by atoms with Crippen LogP contribution in [0.3, 0.4) is 0 Å². The van der Waals surface area contributed by atoms with E-state index >= 15 is 0 Å². The Labute approximate surface area is 65.7 Å². The number of ether oxygens (including phenoxy) is 1. The summed E-state index contributed by atoms with van der Waals surface area (Å²) in [5.41, 5.74) is 5.19. The molecule has 0 fully saturated rings. The Bertz CT molecular complexity index is 128. The fraction of sp³-hybridized carbons (Fsp3) is 0.857. The van der Waals surface area contributed by atoms with Gasteiger partial charge in [-0.2, -0.15) is 0 Å². The number of halogens is 1. The van der Waals surface area contributed by atoms with E-state index < -0.39 is 18.1 Å². The largest absolute Gasteiger partial charge is 0.469 e. The number of alkyl halides is 1. The molecule has 0 aromatic rings. The lowest BCUT2D eigenvalue weighted by Crippen LogP contribution is -2.26. The first-order valence-corrected chi connectivity index (χ1v) is 3.55. The third-order valence-electron chi connectivity index (χ3n) is 1.54. The highest BCUT2D eigenvalue weighted by Crippen LogP contribution is 2.12. The molecular formula is C7H14FNO2. The summed E-state index contributed by atoms with van der Waals surface area (Å²) in [4.78, 5) is 10.8. The summed E-state index contributed by atoms with van der Waals surface area (Å²) in [5.74, 6) is -1.23. The van der Waals surface area contributed by atoms with Crippen molar-refractivity contribution in [3.05, 3.63) is 0 Å². The molecule has 0 aromatic heterocycles. The summed E-state index contributed by atoms with van der Waals surface area (Å²) in [7, 11) is 1.24. The van der Waals surface area contributed by atoms with Crippen molar-refractivity contribution in [2.75, 3.05) is 13.7 Å². The van der Waals surface area contributed by atoms with Crippen molar-refractivity contribution in [1.29, 1.82) is 0 Å². The fourth-order valence-electron chi connectivity index (χ4n) is 0.866. The van der Waals surface area contributed by atoms with Gasteiger partial charge in [0.25, 0.3) is 0 Å². The van der Waals surface area contributed by atoms with Crippen molar-refractivity contribution in [3.8, 4) is 0 Å². The standard InChI is InChI=1S/C7H14FNO2/c1-5(8)6(3-4-9)7(10)11-2/h5-6H,3-4,9H2,1-2H3. The van der Waals surface area contributed by atoms with Crippen LogP contribution in [0.1, 0.15) is 13.3 Å². The van der Waals surface area contributed by atoms with E-state index in [-0.39, 0.29) is 0 Å². The van der Waals surface area contributed by atoms with Gasteiger partial charge in [0, 0.05) is 0 Å². The minimum atomic E-state index is -1.19. The van der Waals surface area contributed by atoms with Crippen LogP contribution in [-0.4, -0.2) is 25.8 Å². The molecule has 0 aliphatic carbocycles. The van der Waals surface area contributed by atoms with Crippen molar-refractivity contribution in [3.63, 3.8) is 0 Å². The zero-order valence-electron chi connectivity index (χ0n) is 6.84. The predicted octanol–water partition coefficient (Wildman–Crippen LogP) is 0.482. The van der Waals surface area contributed by atoms with E-state index in [0.717, 1.165) is 0 Å². The number of rotatable bonds is 4. The van der Waals surface area contributed by atoms with E-state index in [9.17, 15) is 9.18 Å². The maximum absolute atomic E-state index is 12.6. The number of esters is 1. The number of nitrogens with two attached hydrogens (primary N) is 1. The van der Waals surface area contributed by atoms with Crippen molar-refractivity contribution >= 4 is 5.97 Å². The highest BCUT2D eigenvalue weighted by Gasteiger charge is 2.24. The van der Waals surface area contributed by atoms with Gasteiger partial charge < -0.3 is 10.5 Å². The third-order valence-corrected chi connectivity index (χ3v) is 1.54. The maximum Gasteiger partial charge on any atom is 0.311 e. The van der Waals surface area contributed by atoms with Crippen LogP contribution in [0.2, 0.25) is 0 Å². The van der Waals surface area contributed by atoms with Crippen molar-refractivity contribution in [1.82, 2.24) is 0 Å². The summed E-state index contributed by atoms with van der Waals surface area (Å²) in [6.07, 6.45) is -0.851. The Morgan fingerprint density at radius 3 is 2.55 bits per heavy atom. The molecule has 11 heavy (non-hydrogen) atoms. The quantitative estimate of drug-likeness (QED) is 0.613. The van der Waals surface area contributed by atoms with E-state index in [2.05, 4.69) is 4.74 Å². The molecule has 0 saturated heterocycles. The van der Waals surface area contributed by atoms with Crippen molar-refractivity contribution < 1.29 is 13.9 Å². The van der Waals surface area contributed by atoms with Crippen LogP contribution in [0, 0.1) is 5.92 Å². The van der Waals surface area contributed by atoms with E-state index in [1.165, 1.54) is 14.0 Å². The Balaban J connectivity index is 3.98. The lowest BCUT2D eigenvalue weighted by Gasteiger charge is -2.13. The van der Waals surface area contributed by atoms with Gasteiger partial charge >= 0.3 is 5.97 Å². The monoisotopic (exact) mass is 163 g/mol. The van der Waals surface area contributed by atoms with Gasteiger partial charge in [0.05, 0.1) is 13.0 Å². The minimum Gasteiger partial charge on any atom is -0.469 e. The molecule has 3 nitrogen and oxygen atoms in total. The SMILES string of the molecule is COC(=O)C(CCN)C(C)F. The Morgan fingerprint density at radius 2 is 2.27 bits per heavy atom. The third kappa shape index (κ3) is 3.32. The van der Waals surface area contributed by atoms with Gasteiger partial charge in [-0.05, 0) is 19.9 Å². The van der Waals surface area contributed by atoms with Gasteiger partial charge in [0.2, 0.25) is 0 Å². The number of carbonyl (C=O) groups is 1. The first kappa shape index (κ1) is 10.4. The van der Waals surface area contributed by atoms with Gasteiger partial charge in [0.15, 0.2) is 0 Å². The molecule has 0 bridgehead atoms. The van der Waals surface area contributed by atoms with Crippen LogP contribution in [0.25, 0.3) is 0 Å². The number of carbonyl (C=O) groups excluding carboxylic acids is 1. The summed E-state index contributed by atoms with van der Waals surface area (Å²) in [5, 5.41) is 0. The molecule has 4 heteroatoms. The molecule has 0 radical (unpaired) electrons. The predicted molar refractivity (Wildman–Crippen MR) is 39.7 cm³/mol. The van der Waals surface area contributed by atoms with Crippen molar-refractivity contribution in [2.45, 2.75) is 19.5 Å². The van der Waals surface area contributed by atoms with E-state index in [0.29, 0.717) is 13.0 Å². The fourth-order valence-corrected chi connectivity index (χ4v) is 0.866. The molecule has 0 heterocycles. The molecule has 2 atom stereocenters. The Hall–Kier alpha value is -0.640. The summed E-state index contributed by atoms with van der Waals surface area (Å²) < 4.78 is 17.0. The molecule has 0 aliphatic heterocycles. The zero-order chi connectivity index (χ0) is 8.85. The first-order valence-electron chi connectivity index (χ1n) is 3.55. The second-order valence-electron chi connectivity index (χ2n) is 2.38. The lowest BCUT2D eigenvalue weighted by atomic mass is 10.0. The average molecular weight is 163 g/mol. The Kier molecular flexibility index (Phi) is 4.77. The van der Waals surface area contributed by atoms with Gasteiger partial charge in [-0.3, -0.25) is 4.79 Å². The molecular weight excluding hydrogens is 149 g/mol. The molecule has 0 aromatic carbocycles. The smallest absolute Gasteiger partial charge is 0.311 e. The minimum absolute atomic E-state index is 0.300. The summed E-state index contributed by atoms with van der Waals surface area (Å²) >= 11 is 0. The highest BCUT2D eigenvalue weighted by molar-refractivity contribution is 5.72. The van der Waals surface area contributed by atoms with Crippen LogP contribution in [0.5, 0.6) is 0 Å². The number of hydrogen-bond acceptors (Lipinski definition) is 3. The van der Waals surface area contributed by atoms with Crippen LogP contribution in [-0.2, 0) is 9.53 Å². The topological polar surface area (TPSA) is 52.3 Å². The maximum atomic E-state index is 12.6. The van der Waals surface area contributed by atoms with E-state index in [1.807, 2.05) is 0 Å². The van der Waals surface area contributed by atoms with Crippen LogP contribution in [0.15, 0.2) is 0 Å². The van der Waals surface area contributed by atoms with Gasteiger partial charge in [-0.25, -0.2) is 4.39 Å². The number of hydrogen-bond donors (Lipinski definition) is 1. The molecule has 0 amide bonds. The number of methoxy groups -OCH3 is 1. The second kappa shape index (κ2) is 5.07. The van der Waals surface area contributed by atoms with E-state index in [1.54, 1.807) is 0 Å². The first-order chi connectivity index (χ1) is 5.13. The molecule has 2 unspecified atom stereocenters. The molecule has 0 rings (SSSR count).